The first-order valence-corrected chi connectivity index (χ1v) is 6.58. The second kappa shape index (κ2) is 4.89. The van der Waals surface area contributed by atoms with E-state index in [2.05, 4.69) is 31.9 Å². The summed E-state index contributed by atoms with van der Waals surface area (Å²) in [5.74, 6) is 9.07. The summed E-state index contributed by atoms with van der Waals surface area (Å²) in [6, 6.07) is 0. The number of nitrogens with one attached hydrogen (secondary N) is 1. The maximum absolute atomic E-state index is 4.18. The van der Waals surface area contributed by atoms with Crippen molar-refractivity contribution in [1.82, 2.24) is 20.1 Å². The lowest BCUT2D eigenvalue weighted by Crippen LogP contribution is -2.28. The van der Waals surface area contributed by atoms with Crippen LogP contribution in [0.4, 0.5) is 0 Å². The molecule has 3 rings (SSSR count). The van der Waals surface area contributed by atoms with Gasteiger partial charge in [0.05, 0.1) is 6.54 Å². The Morgan fingerprint density at radius 3 is 2.94 bits per heavy atom. The van der Waals surface area contributed by atoms with Crippen LogP contribution in [0.5, 0.6) is 0 Å². The van der Waals surface area contributed by atoms with Crippen LogP contribution in [0.1, 0.15) is 43.8 Å². The van der Waals surface area contributed by atoms with Gasteiger partial charge < -0.3 is 9.88 Å². The van der Waals surface area contributed by atoms with E-state index in [-0.39, 0.29) is 0 Å². The molecular formula is C13H18N4. The number of rotatable bonds is 0. The maximum Gasteiger partial charge on any atom is 0.208 e. The molecule has 2 heterocycles. The molecule has 1 saturated carbocycles. The summed E-state index contributed by atoms with van der Waals surface area (Å²) in [4.78, 5) is 0. The van der Waals surface area contributed by atoms with Gasteiger partial charge in [-0.25, -0.2) is 0 Å². The minimum Gasteiger partial charge on any atom is -0.308 e. The zero-order chi connectivity index (χ0) is 11.5. The predicted octanol–water partition coefficient (Wildman–Crippen LogP) is 1.31. The molecule has 4 nitrogen and oxygen atoms in total. The van der Waals surface area contributed by atoms with Crippen molar-refractivity contribution in [3.8, 4) is 11.8 Å². The molecule has 1 fully saturated rings. The van der Waals surface area contributed by atoms with Gasteiger partial charge in [0, 0.05) is 19.0 Å². The molecule has 0 atom stereocenters. The fraction of sp³-hybridized carbons (Fsp3) is 0.692. The van der Waals surface area contributed by atoms with E-state index in [4.69, 9.17) is 0 Å². The fourth-order valence-electron chi connectivity index (χ4n) is 2.60. The van der Waals surface area contributed by atoms with Crippen LogP contribution in [0.15, 0.2) is 0 Å². The molecule has 1 aliphatic heterocycles. The van der Waals surface area contributed by atoms with Gasteiger partial charge in [-0.05, 0) is 18.8 Å². The van der Waals surface area contributed by atoms with Crippen molar-refractivity contribution in [3.63, 3.8) is 0 Å². The van der Waals surface area contributed by atoms with Gasteiger partial charge in [0.15, 0.2) is 0 Å². The van der Waals surface area contributed by atoms with Gasteiger partial charge in [-0.1, -0.05) is 25.2 Å². The predicted molar refractivity (Wildman–Crippen MR) is 65.2 cm³/mol. The highest BCUT2D eigenvalue weighted by molar-refractivity contribution is 5.23. The molecule has 0 saturated heterocycles. The lowest BCUT2D eigenvalue weighted by molar-refractivity contribution is 0.430. The Morgan fingerprint density at radius 1 is 1.18 bits per heavy atom. The van der Waals surface area contributed by atoms with Crippen LogP contribution in [0, 0.1) is 17.8 Å². The largest absolute Gasteiger partial charge is 0.308 e. The Bertz CT molecular complexity index is 446. The van der Waals surface area contributed by atoms with Crippen molar-refractivity contribution in [2.24, 2.45) is 5.92 Å². The summed E-state index contributed by atoms with van der Waals surface area (Å²) < 4.78 is 2.15. The van der Waals surface area contributed by atoms with Crippen molar-refractivity contribution in [1.29, 1.82) is 0 Å². The van der Waals surface area contributed by atoms with Gasteiger partial charge >= 0.3 is 0 Å². The minimum atomic E-state index is 0.582. The average molecular weight is 230 g/mol. The van der Waals surface area contributed by atoms with Crippen molar-refractivity contribution >= 4 is 0 Å². The second-order valence-electron chi connectivity index (χ2n) is 4.87. The molecule has 90 valence electrons. The molecule has 1 aliphatic carbocycles. The third kappa shape index (κ3) is 2.34. The molecular weight excluding hydrogens is 212 g/mol. The van der Waals surface area contributed by atoms with Crippen LogP contribution in [0.3, 0.4) is 0 Å². The van der Waals surface area contributed by atoms with Crippen molar-refractivity contribution < 1.29 is 0 Å². The first kappa shape index (κ1) is 10.8. The van der Waals surface area contributed by atoms with E-state index >= 15 is 0 Å². The number of aromatic nitrogens is 3. The average Bonchev–Trinajstić information content (AvgIpc) is 2.81. The number of fused-ring (bicyclic) bond motifs is 1. The molecule has 0 aromatic carbocycles. The van der Waals surface area contributed by atoms with E-state index in [1.165, 1.54) is 32.1 Å². The van der Waals surface area contributed by atoms with Gasteiger partial charge in [0.25, 0.3) is 0 Å². The highest BCUT2D eigenvalue weighted by Crippen LogP contribution is 2.22. The van der Waals surface area contributed by atoms with E-state index in [0.29, 0.717) is 5.92 Å². The molecule has 0 bridgehead atoms. The fourth-order valence-corrected chi connectivity index (χ4v) is 2.60. The Labute approximate surface area is 102 Å². The summed E-state index contributed by atoms with van der Waals surface area (Å²) >= 11 is 0. The quantitative estimate of drug-likeness (QED) is 0.683. The smallest absolute Gasteiger partial charge is 0.208 e. The lowest BCUT2D eigenvalue weighted by atomic mass is 9.90. The first-order valence-electron chi connectivity index (χ1n) is 6.58. The zero-order valence-corrected chi connectivity index (χ0v) is 10.1. The summed E-state index contributed by atoms with van der Waals surface area (Å²) in [7, 11) is 0. The highest BCUT2D eigenvalue weighted by atomic mass is 15.3. The van der Waals surface area contributed by atoms with Crippen LogP contribution in [0.25, 0.3) is 0 Å². The Balaban J connectivity index is 1.76. The van der Waals surface area contributed by atoms with Gasteiger partial charge in [-0.3, -0.25) is 0 Å². The Kier molecular flexibility index (Phi) is 3.10. The standard InChI is InChI=1S/C13H18N4/c1-2-4-11(5-3-1)6-7-12-15-16-13-10-14-8-9-17(12)13/h11,14H,1-5,8-10H2. The van der Waals surface area contributed by atoms with Gasteiger partial charge in [0.1, 0.15) is 5.82 Å². The molecule has 17 heavy (non-hydrogen) atoms. The summed E-state index contributed by atoms with van der Waals surface area (Å²) in [5, 5.41) is 11.6. The van der Waals surface area contributed by atoms with E-state index < -0.39 is 0 Å². The van der Waals surface area contributed by atoms with Gasteiger partial charge in [-0.2, -0.15) is 0 Å². The van der Waals surface area contributed by atoms with Gasteiger partial charge in [-0.15, -0.1) is 10.2 Å². The number of nitrogens with zero attached hydrogens (tertiary/aromatic N) is 3. The molecule has 0 unspecified atom stereocenters. The molecule has 1 aromatic heterocycles. The van der Waals surface area contributed by atoms with Crippen molar-refractivity contribution in [3.05, 3.63) is 11.6 Å². The number of hydrogen-bond acceptors (Lipinski definition) is 3. The van der Waals surface area contributed by atoms with E-state index in [0.717, 1.165) is 31.3 Å². The maximum atomic E-state index is 4.18. The molecule has 4 heteroatoms. The molecule has 0 spiro atoms. The topological polar surface area (TPSA) is 42.7 Å². The normalized spacial score (nSPS) is 20.5. The third-order valence-corrected chi connectivity index (χ3v) is 3.62. The molecule has 0 radical (unpaired) electrons. The molecule has 1 N–H and O–H groups in total. The molecule has 2 aliphatic rings. The molecule has 1 aromatic rings. The lowest BCUT2D eigenvalue weighted by Gasteiger charge is -2.16. The molecule has 0 amide bonds. The van der Waals surface area contributed by atoms with Crippen LogP contribution in [-0.4, -0.2) is 21.3 Å². The van der Waals surface area contributed by atoms with E-state index in [1.54, 1.807) is 0 Å². The van der Waals surface area contributed by atoms with Gasteiger partial charge in [0.2, 0.25) is 5.82 Å². The van der Waals surface area contributed by atoms with E-state index in [9.17, 15) is 0 Å². The van der Waals surface area contributed by atoms with Crippen molar-refractivity contribution in [2.75, 3.05) is 6.54 Å². The zero-order valence-electron chi connectivity index (χ0n) is 10.1. The Morgan fingerprint density at radius 2 is 2.06 bits per heavy atom. The Hall–Kier alpha value is -1.34. The minimum absolute atomic E-state index is 0.582. The summed E-state index contributed by atoms with van der Waals surface area (Å²) in [6.07, 6.45) is 6.57. The third-order valence-electron chi connectivity index (χ3n) is 3.62. The van der Waals surface area contributed by atoms with Crippen LogP contribution >= 0.6 is 0 Å². The van der Waals surface area contributed by atoms with Crippen LogP contribution in [-0.2, 0) is 13.1 Å². The monoisotopic (exact) mass is 230 g/mol. The second-order valence-corrected chi connectivity index (χ2v) is 4.87. The number of hydrogen-bond donors (Lipinski definition) is 1. The summed E-state index contributed by atoms with van der Waals surface area (Å²) in [6.45, 7) is 2.75. The van der Waals surface area contributed by atoms with E-state index in [1.807, 2.05) is 0 Å². The SMILES string of the molecule is C(#CC1CCCCC1)c1nnc2n1CCNC2. The van der Waals surface area contributed by atoms with Crippen LogP contribution in [0.2, 0.25) is 0 Å². The van der Waals surface area contributed by atoms with Crippen LogP contribution < -0.4 is 5.32 Å². The first-order chi connectivity index (χ1) is 8.43. The van der Waals surface area contributed by atoms with Crippen molar-refractivity contribution in [2.45, 2.75) is 45.2 Å². The highest BCUT2D eigenvalue weighted by Gasteiger charge is 2.14. The summed E-state index contributed by atoms with van der Waals surface area (Å²) in [5.41, 5.74) is 0.